The van der Waals surface area contributed by atoms with Crippen molar-refractivity contribution in [2.45, 2.75) is 46.1 Å². The summed E-state index contributed by atoms with van der Waals surface area (Å²) in [5.74, 6) is 0.266. The summed E-state index contributed by atoms with van der Waals surface area (Å²) in [6, 6.07) is 4.91. The molecule has 1 aliphatic rings. The summed E-state index contributed by atoms with van der Waals surface area (Å²) in [6.07, 6.45) is 1.91. The number of carbonyl (C=O) groups excluding carboxylic acids is 2. The number of ketones is 1. The Hall–Kier alpha value is -2.08. The molecule has 1 aromatic carbocycles. The first-order chi connectivity index (χ1) is 11.1. The van der Waals surface area contributed by atoms with Gasteiger partial charge in [0.25, 0.3) is 5.91 Å². The van der Waals surface area contributed by atoms with E-state index in [1.807, 2.05) is 39.0 Å². The zero-order valence-electron chi connectivity index (χ0n) is 14.1. The highest BCUT2D eigenvalue weighted by Gasteiger charge is 2.20. The third-order valence-electron chi connectivity index (χ3n) is 3.30. The van der Waals surface area contributed by atoms with Crippen LogP contribution in [0, 0.1) is 0 Å². The maximum Gasteiger partial charge on any atom is 0.289 e. The van der Waals surface area contributed by atoms with Crippen molar-refractivity contribution < 1.29 is 21.9 Å². The van der Waals surface area contributed by atoms with E-state index in [-0.39, 0.29) is 9.65 Å². The Bertz CT molecular complexity index is 541. The minimum absolute atomic E-state index is 0. The average molecular weight is 326 g/mol. The highest BCUT2D eigenvalue weighted by Crippen LogP contribution is 2.32. The van der Waals surface area contributed by atoms with E-state index in [1.54, 1.807) is 0 Å². The minimum atomic E-state index is -0.708. The molecule has 6 heteroatoms. The van der Waals surface area contributed by atoms with Crippen LogP contribution in [0.4, 0.5) is 0 Å². The smallest absolute Gasteiger partial charge is 0.289 e. The first-order valence-corrected chi connectivity index (χ1v) is 8.08. The number of benzene rings is 1. The quantitative estimate of drug-likeness (QED) is 0.750. The van der Waals surface area contributed by atoms with E-state index in [0.717, 1.165) is 17.7 Å². The van der Waals surface area contributed by atoms with Gasteiger partial charge in [0.2, 0.25) is 12.6 Å². The number of fused-ring (bicyclic) bond motifs is 1. The highest BCUT2D eigenvalue weighted by molar-refractivity contribution is 6.38. The van der Waals surface area contributed by atoms with Crippen LogP contribution in [0.2, 0.25) is 0 Å². The fraction of sp³-hybridized carbons (Fsp3) is 0.529. The summed E-state index contributed by atoms with van der Waals surface area (Å²) in [7, 11) is 0. The Morgan fingerprint density at radius 2 is 2.00 bits per heavy atom. The molecule has 1 amide bonds. The average Bonchev–Trinajstić information content (AvgIpc) is 3.03. The van der Waals surface area contributed by atoms with Crippen molar-refractivity contribution in [2.24, 2.45) is 5.73 Å². The zero-order valence-corrected chi connectivity index (χ0v) is 14.1. The van der Waals surface area contributed by atoms with Gasteiger partial charge in [-0.2, -0.15) is 0 Å². The van der Waals surface area contributed by atoms with Crippen molar-refractivity contribution in [3.05, 3.63) is 23.8 Å². The summed E-state index contributed by atoms with van der Waals surface area (Å²) in [6.45, 7) is 6.53. The summed E-state index contributed by atoms with van der Waals surface area (Å²) in [5.41, 5.74) is 6.64. The van der Waals surface area contributed by atoms with Gasteiger partial charge in [0, 0.05) is 9.40 Å². The molecule has 0 aromatic heterocycles. The molecule has 132 valence electrons. The van der Waals surface area contributed by atoms with E-state index in [9.17, 15) is 9.59 Å². The van der Waals surface area contributed by atoms with Crippen LogP contribution in [0.25, 0.3) is 0 Å². The van der Waals surface area contributed by atoms with Gasteiger partial charge in [0.1, 0.15) is 0 Å². The van der Waals surface area contributed by atoms with Crippen molar-refractivity contribution in [3.8, 4) is 11.5 Å². The standard InChI is InChI=1S/C15H20N2O4.C2H6.2H2/c1-2-3-11(16)14(18)15(19)17-7-6-10-4-5-12-13(8-10)21-9-20-12;1-2;;/h4-5,8,11H,2-3,6-7,9,16H2,1H3,(H,17,19);1-2H3;2*1H. The SMILES string of the molecule is CC.CCCC(N)C(=O)C(=O)NCCc1ccc2c(c1)OCO2.[HH].[HH]. The van der Waals surface area contributed by atoms with Crippen LogP contribution in [0.1, 0.15) is 42.0 Å². The Morgan fingerprint density at radius 1 is 1.30 bits per heavy atom. The minimum Gasteiger partial charge on any atom is -0.454 e. The van der Waals surface area contributed by atoms with Crippen LogP contribution in [-0.2, 0) is 16.0 Å². The number of amides is 1. The first-order valence-electron chi connectivity index (χ1n) is 8.08. The van der Waals surface area contributed by atoms with Crippen LogP contribution in [-0.4, -0.2) is 31.1 Å². The van der Waals surface area contributed by atoms with Crippen molar-refractivity contribution >= 4 is 11.7 Å². The van der Waals surface area contributed by atoms with E-state index < -0.39 is 17.7 Å². The molecule has 6 nitrogen and oxygen atoms in total. The summed E-state index contributed by atoms with van der Waals surface area (Å²) >= 11 is 0. The van der Waals surface area contributed by atoms with Crippen molar-refractivity contribution in [2.75, 3.05) is 13.3 Å². The Kier molecular flexibility index (Phi) is 8.11. The van der Waals surface area contributed by atoms with E-state index in [1.165, 1.54) is 0 Å². The van der Waals surface area contributed by atoms with Crippen LogP contribution in [0.3, 0.4) is 0 Å². The lowest BCUT2D eigenvalue weighted by Gasteiger charge is -2.09. The topological polar surface area (TPSA) is 90.7 Å². The van der Waals surface area contributed by atoms with Gasteiger partial charge in [-0.3, -0.25) is 9.59 Å². The molecule has 0 radical (unpaired) electrons. The molecule has 1 unspecified atom stereocenters. The lowest BCUT2D eigenvalue weighted by atomic mass is 10.1. The molecule has 0 fully saturated rings. The van der Waals surface area contributed by atoms with E-state index in [2.05, 4.69) is 5.32 Å². The van der Waals surface area contributed by atoms with Crippen LogP contribution in [0.5, 0.6) is 11.5 Å². The molecular formula is C17H30N2O4. The normalized spacial score (nSPS) is 12.9. The van der Waals surface area contributed by atoms with Gasteiger partial charge in [0.05, 0.1) is 6.04 Å². The molecular weight excluding hydrogens is 296 g/mol. The lowest BCUT2D eigenvalue weighted by Crippen LogP contribution is -2.42. The molecule has 0 spiro atoms. The monoisotopic (exact) mass is 326 g/mol. The Morgan fingerprint density at radius 3 is 2.70 bits per heavy atom. The highest BCUT2D eigenvalue weighted by atomic mass is 16.7. The number of nitrogens with one attached hydrogen (secondary N) is 1. The first kappa shape index (κ1) is 19.0. The molecule has 1 aliphatic heterocycles. The zero-order chi connectivity index (χ0) is 17.2. The fourth-order valence-electron chi connectivity index (χ4n) is 2.11. The molecule has 1 aromatic rings. The summed E-state index contributed by atoms with van der Waals surface area (Å²) < 4.78 is 10.5. The predicted octanol–water partition coefficient (Wildman–Crippen LogP) is 2.29. The number of Topliss-reactive ketones (excluding diaryl/α,β-unsaturated/α-hetero) is 1. The van der Waals surface area contributed by atoms with E-state index >= 15 is 0 Å². The second-order valence-corrected chi connectivity index (χ2v) is 4.95. The molecule has 1 atom stereocenters. The van der Waals surface area contributed by atoms with Crippen LogP contribution < -0.4 is 20.5 Å². The number of nitrogens with two attached hydrogens (primary N) is 1. The summed E-state index contributed by atoms with van der Waals surface area (Å²) in [4.78, 5) is 23.3. The largest absolute Gasteiger partial charge is 0.454 e. The molecule has 0 saturated carbocycles. The van der Waals surface area contributed by atoms with Crippen molar-refractivity contribution in [3.63, 3.8) is 0 Å². The number of carbonyl (C=O) groups is 2. The van der Waals surface area contributed by atoms with Gasteiger partial charge in [-0.05, 0) is 30.5 Å². The predicted molar refractivity (Wildman–Crippen MR) is 92.7 cm³/mol. The Labute approximate surface area is 140 Å². The Balaban J connectivity index is 0. The van der Waals surface area contributed by atoms with Gasteiger partial charge in [-0.15, -0.1) is 0 Å². The molecule has 1 heterocycles. The molecule has 23 heavy (non-hydrogen) atoms. The van der Waals surface area contributed by atoms with Crippen LogP contribution in [0.15, 0.2) is 18.2 Å². The molecule has 0 aliphatic carbocycles. The fourth-order valence-corrected chi connectivity index (χ4v) is 2.11. The van der Waals surface area contributed by atoms with Crippen molar-refractivity contribution in [1.29, 1.82) is 0 Å². The second kappa shape index (κ2) is 9.84. The molecule has 0 saturated heterocycles. The van der Waals surface area contributed by atoms with E-state index in [0.29, 0.717) is 25.1 Å². The second-order valence-electron chi connectivity index (χ2n) is 4.95. The number of hydrogen-bond acceptors (Lipinski definition) is 5. The maximum atomic E-state index is 11.7. The molecule has 0 bridgehead atoms. The number of hydrogen-bond donors (Lipinski definition) is 2. The molecule has 3 N–H and O–H groups in total. The van der Waals surface area contributed by atoms with E-state index in [4.69, 9.17) is 15.2 Å². The number of rotatable bonds is 7. The van der Waals surface area contributed by atoms with Gasteiger partial charge in [-0.25, -0.2) is 0 Å². The third-order valence-corrected chi connectivity index (χ3v) is 3.30. The third kappa shape index (κ3) is 5.56. The van der Waals surface area contributed by atoms with Crippen molar-refractivity contribution in [1.82, 2.24) is 5.32 Å². The lowest BCUT2D eigenvalue weighted by molar-refractivity contribution is -0.138. The maximum absolute atomic E-state index is 11.7. The molecule has 2 rings (SSSR count). The summed E-state index contributed by atoms with van der Waals surface area (Å²) in [5, 5.41) is 2.60. The van der Waals surface area contributed by atoms with Crippen LogP contribution >= 0.6 is 0 Å². The van der Waals surface area contributed by atoms with Gasteiger partial charge < -0.3 is 20.5 Å². The van der Waals surface area contributed by atoms with Gasteiger partial charge in [0.15, 0.2) is 11.5 Å². The van der Waals surface area contributed by atoms with Gasteiger partial charge in [-0.1, -0.05) is 33.3 Å². The number of ether oxygens (including phenoxy) is 2. The van der Waals surface area contributed by atoms with Gasteiger partial charge >= 0.3 is 0 Å².